The second-order valence-corrected chi connectivity index (χ2v) is 5.04. The smallest absolute Gasteiger partial charge is 0.120 e. The van der Waals surface area contributed by atoms with Crippen LogP contribution in [0.25, 0.3) is 11.1 Å². The molecule has 2 nitrogen and oxygen atoms in total. The normalized spacial score (nSPS) is 15.7. The molecule has 1 atom stereocenters. The molecule has 0 bridgehead atoms. The van der Waals surface area contributed by atoms with E-state index in [2.05, 4.69) is 29.2 Å². The topological polar surface area (TPSA) is 33.1 Å². The average Bonchev–Trinajstić information content (AvgIpc) is 2.84. The van der Waals surface area contributed by atoms with E-state index in [0.29, 0.717) is 5.75 Å². The largest absolute Gasteiger partial charge is 0.508 e. The number of rotatable bonds is 1. The van der Waals surface area contributed by atoms with Gasteiger partial charge in [0.15, 0.2) is 0 Å². The molecule has 1 aliphatic carbocycles. The van der Waals surface area contributed by atoms with Crippen LogP contribution >= 0.6 is 0 Å². The summed E-state index contributed by atoms with van der Waals surface area (Å²) in [5.74, 6) is 0.450. The molecule has 0 spiro atoms. The SMILES string of the molecule is Oc1cccc2c1C(c1ccncc1)c1ccccc1-2. The lowest BCUT2D eigenvalue weighted by Crippen LogP contribution is -1.99. The Kier molecular flexibility index (Phi) is 2.36. The summed E-state index contributed by atoms with van der Waals surface area (Å²) >= 11 is 0. The zero-order valence-electron chi connectivity index (χ0n) is 10.8. The molecule has 20 heavy (non-hydrogen) atoms. The van der Waals surface area contributed by atoms with Crippen LogP contribution in [0, 0.1) is 0 Å². The Morgan fingerprint density at radius 2 is 1.55 bits per heavy atom. The fourth-order valence-electron chi connectivity index (χ4n) is 3.14. The summed E-state index contributed by atoms with van der Waals surface area (Å²) in [6.45, 7) is 0. The Morgan fingerprint density at radius 3 is 2.40 bits per heavy atom. The summed E-state index contributed by atoms with van der Waals surface area (Å²) in [6, 6.07) is 18.1. The number of phenols is 1. The van der Waals surface area contributed by atoms with Gasteiger partial charge in [-0.3, -0.25) is 4.98 Å². The van der Waals surface area contributed by atoms with Crippen LogP contribution in [0.3, 0.4) is 0 Å². The molecule has 1 aliphatic rings. The van der Waals surface area contributed by atoms with Crippen LogP contribution < -0.4 is 0 Å². The Labute approximate surface area is 117 Å². The van der Waals surface area contributed by atoms with E-state index in [9.17, 15) is 5.11 Å². The van der Waals surface area contributed by atoms with Crippen molar-refractivity contribution in [2.24, 2.45) is 0 Å². The van der Waals surface area contributed by atoms with Crippen molar-refractivity contribution >= 4 is 0 Å². The molecule has 1 aromatic heterocycles. The van der Waals surface area contributed by atoms with Crippen molar-refractivity contribution in [2.75, 3.05) is 0 Å². The van der Waals surface area contributed by atoms with Crippen LogP contribution in [0.1, 0.15) is 22.6 Å². The first-order valence-corrected chi connectivity index (χ1v) is 6.67. The molecule has 0 saturated heterocycles. The predicted octanol–water partition coefficient (Wildman–Crippen LogP) is 3.95. The van der Waals surface area contributed by atoms with Crippen molar-refractivity contribution in [3.05, 3.63) is 83.7 Å². The predicted molar refractivity (Wildman–Crippen MR) is 78.7 cm³/mol. The highest BCUT2D eigenvalue weighted by Gasteiger charge is 2.31. The number of aromatic hydroxyl groups is 1. The highest BCUT2D eigenvalue weighted by molar-refractivity contribution is 5.82. The van der Waals surface area contributed by atoms with Crippen molar-refractivity contribution in [3.63, 3.8) is 0 Å². The molecule has 4 rings (SSSR count). The van der Waals surface area contributed by atoms with Gasteiger partial charge in [-0.15, -0.1) is 0 Å². The first-order chi connectivity index (χ1) is 9.86. The number of nitrogens with zero attached hydrogens (tertiary/aromatic N) is 1. The lowest BCUT2D eigenvalue weighted by atomic mass is 9.89. The number of hydrogen-bond acceptors (Lipinski definition) is 2. The summed E-state index contributed by atoms with van der Waals surface area (Å²) in [5.41, 5.74) is 5.74. The van der Waals surface area contributed by atoms with Gasteiger partial charge in [-0.2, -0.15) is 0 Å². The number of benzene rings is 2. The van der Waals surface area contributed by atoms with Gasteiger partial charge in [0.1, 0.15) is 5.75 Å². The molecular formula is C18H13NO. The molecule has 96 valence electrons. The van der Waals surface area contributed by atoms with Gasteiger partial charge in [-0.1, -0.05) is 36.4 Å². The van der Waals surface area contributed by atoms with E-state index in [1.54, 1.807) is 18.5 Å². The molecule has 0 radical (unpaired) electrons. The van der Waals surface area contributed by atoms with Crippen molar-refractivity contribution in [1.29, 1.82) is 0 Å². The molecule has 0 amide bonds. The van der Waals surface area contributed by atoms with E-state index in [-0.39, 0.29) is 5.92 Å². The van der Waals surface area contributed by atoms with Crippen molar-refractivity contribution in [1.82, 2.24) is 4.98 Å². The molecule has 0 fully saturated rings. The van der Waals surface area contributed by atoms with E-state index in [1.807, 2.05) is 24.3 Å². The minimum atomic E-state index is 0.0883. The van der Waals surface area contributed by atoms with E-state index < -0.39 is 0 Å². The van der Waals surface area contributed by atoms with Crippen molar-refractivity contribution < 1.29 is 5.11 Å². The van der Waals surface area contributed by atoms with Gasteiger partial charge >= 0.3 is 0 Å². The summed E-state index contributed by atoms with van der Waals surface area (Å²) in [7, 11) is 0. The van der Waals surface area contributed by atoms with Crippen molar-refractivity contribution in [3.8, 4) is 16.9 Å². The summed E-state index contributed by atoms with van der Waals surface area (Å²) in [5, 5.41) is 10.3. The summed E-state index contributed by atoms with van der Waals surface area (Å²) in [4.78, 5) is 4.09. The third-order valence-corrected chi connectivity index (χ3v) is 3.97. The molecular weight excluding hydrogens is 246 g/mol. The number of aromatic nitrogens is 1. The molecule has 3 aromatic rings. The molecule has 1 N–H and O–H groups in total. The second-order valence-electron chi connectivity index (χ2n) is 5.04. The molecule has 2 aromatic carbocycles. The molecule has 1 unspecified atom stereocenters. The fraction of sp³-hybridized carbons (Fsp3) is 0.0556. The Balaban J connectivity index is 2.05. The molecule has 0 saturated carbocycles. The Bertz CT molecular complexity index is 780. The van der Waals surface area contributed by atoms with Gasteiger partial charge < -0.3 is 5.11 Å². The Hall–Kier alpha value is -2.61. The number of phenolic OH excluding ortho intramolecular Hbond substituents is 1. The van der Waals surface area contributed by atoms with E-state index in [1.165, 1.54) is 11.1 Å². The zero-order chi connectivity index (χ0) is 13.5. The van der Waals surface area contributed by atoms with Crippen LogP contribution in [-0.4, -0.2) is 10.1 Å². The quantitative estimate of drug-likeness (QED) is 0.561. The third-order valence-electron chi connectivity index (χ3n) is 3.97. The maximum atomic E-state index is 10.3. The first kappa shape index (κ1) is 11.2. The van der Waals surface area contributed by atoms with E-state index in [0.717, 1.165) is 16.7 Å². The lowest BCUT2D eigenvalue weighted by Gasteiger charge is -2.14. The fourth-order valence-corrected chi connectivity index (χ4v) is 3.14. The zero-order valence-corrected chi connectivity index (χ0v) is 10.8. The van der Waals surface area contributed by atoms with Crippen LogP contribution in [-0.2, 0) is 0 Å². The number of fused-ring (bicyclic) bond motifs is 3. The number of hydrogen-bond donors (Lipinski definition) is 1. The maximum Gasteiger partial charge on any atom is 0.120 e. The summed E-state index contributed by atoms with van der Waals surface area (Å²) < 4.78 is 0. The molecule has 0 aliphatic heterocycles. The standard InChI is InChI=1S/C18H13NO/c20-16-7-3-6-15-13-4-1-2-5-14(13)17(18(15)16)12-8-10-19-11-9-12/h1-11,17,20H. The highest BCUT2D eigenvalue weighted by atomic mass is 16.3. The maximum absolute atomic E-state index is 10.3. The van der Waals surface area contributed by atoms with E-state index in [4.69, 9.17) is 0 Å². The first-order valence-electron chi connectivity index (χ1n) is 6.67. The highest BCUT2D eigenvalue weighted by Crippen LogP contribution is 2.50. The van der Waals surface area contributed by atoms with Gasteiger partial charge in [-0.25, -0.2) is 0 Å². The van der Waals surface area contributed by atoms with E-state index >= 15 is 0 Å². The van der Waals surface area contributed by atoms with Gasteiger partial charge in [0.05, 0.1) is 0 Å². The van der Waals surface area contributed by atoms with Gasteiger partial charge in [-0.05, 0) is 40.5 Å². The van der Waals surface area contributed by atoms with Crippen LogP contribution in [0.2, 0.25) is 0 Å². The van der Waals surface area contributed by atoms with Crippen LogP contribution in [0.15, 0.2) is 67.0 Å². The monoisotopic (exact) mass is 259 g/mol. The van der Waals surface area contributed by atoms with Gasteiger partial charge in [0.2, 0.25) is 0 Å². The minimum Gasteiger partial charge on any atom is -0.508 e. The summed E-state index contributed by atoms with van der Waals surface area (Å²) in [6.07, 6.45) is 3.60. The number of pyridine rings is 1. The van der Waals surface area contributed by atoms with Gasteiger partial charge in [0, 0.05) is 23.9 Å². The van der Waals surface area contributed by atoms with Gasteiger partial charge in [0.25, 0.3) is 0 Å². The van der Waals surface area contributed by atoms with Crippen LogP contribution in [0.4, 0.5) is 0 Å². The Morgan fingerprint density at radius 1 is 0.800 bits per heavy atom. The minimum absolute atomic E-state index is 0.0883. The third kappa shape index (κ3) is 1.48. The molecule has 1 heterocycles. The molecule has 2 heteroatoms. The second kappa shape index (κ2) is 4.20. The van der Waals surface area contributed by atoms with Crippen LogP contribution in [0.5, 0.6) is 5.75 Å². The lowest BCUT2D eigenvalue weighted by molar-refractivity contribution is 0.468. The van der Waals surface area contributed by atoms with Crippen molar-refractivity contribution in [2.45, 2.75) is 5.92 Å². The average molecular weight is 259 g/mol.